The van der Waals surface area contributed by atoms with Gasteiger partial charge < -0.3 is 33.7 Å². The fourth-order valence-corrected chi connectivity index (χ4v) is 5.42. The first-order valence-corrected chi connectivity index (χ1v) is 17.2. The van der Waals surface area contributed by atoms with Gasteiger partial charge >= 0.3 is 28.5 Å². The molecule has 2 aromatic rings. The Morgan fingerprint density at radius 3 is 1.90 bits per heavy atom. The number of carbonyl (C=O) groups is 6. The van der Waals surface area contributed by atoms with E-state index in [1.165, 1.54) is 26.0 Å². The van der Waals surface area contributed by atoms with Gasteiger partial charge in [0.2, 0.25) is 19.5 Å². The molecule has 0 aromatic heterocycles. The topological polar surface area (TPSA) is 173 Å². The van der Waals surface area contributed by atoms with Gasteiger partial charge in [-0.25, -0.2) is 24.0 Å². The van der Waals surface area contributed by atoms with Crippen molar-refractivity contribution in [1.29, 1.82) is 0 Å². The molecule has 3 rings (SSSR count). The number of amides is 1. The number of morpholine rings is 1. The molecule has 1 N–H and O–H groups in total. The van der Waals surface area contributed by atoms with Crippen molar-refractivity contribution in [3.05, 3.63) is 71.8 Å². The first kappa shape index (κ1) is 39.3. The summed E-state index contributed by atoms with van der Waals surface area (Å²) in [5.41, 5.74) is 0.551. The van der Waals surface area contributed by atoms with E-state index in [1.807, 2.05) is 0 Å². The standard InChI is InChI=1S/C33H40N2O12S2/c1-33(2,49-32(41)47-23-45-28(37)25-13-7-4-8-14-25)30(39)34-26(29(38)43-18-10-9-15-35-16-19-42-20-17-35)21-48-31(40)46-22-44-27(36)24-11-5-3-6-12-24/h3-8,11-14,26H,9-10,15-23H2,1-2H3,(H,34,39)/t26-/m0/s1. The molecule has 0 radical (unpaired) electrons. The highest BCUT2D eigenvalue weighted by atomic mass is 32.2. The van der Waals surface area contributed by atoms with Crippen LogP contribution in [0.5, 0.6) is 0 Å². The van der Waals surface area contributed by atoms with Gasteiger partial charge in [0.15, 0.2) is 0 Å². The largest absolute Gasteiger partial charge is 0.464 e. The van der Waals surface area contributed by atoms with Crippen LogP contribution in [0.2, 0.25) is 0 Å². The van der Waals surface area contributed by atoms with Gasteiger partial charge in [-0.2, -0.15) is 0 Å². The minimum atomic E-state index is -1.45. The summed E-state index contributed by atoms with van der Waals surface area (Å²) >= 11 is 1.08. The van der Waals surface area contributed by atoms with Gasteiger partial charge in [0.25, 0.3) is 0 Å². The third kappa shape index (κ3) is 14.9. The van der Waals surface area contributed by atoms with E-state index >= 15 is 0 Å². The maximum atomic E-state index is 13.2. The van der Waals surface area contributed by atoms with E-state index in [1.54, 1.807) is 48.5 Å². The SMILES string of the molecule is CC(C)(SC(=O)OCOC(=O)c1ccccc1)C(=O)N[C@@H](CSC(=O)OCOC(=O)c1ccccc1)C(=O)OCCCCN1CCOCC1. The lowest BCUT2D eigenvalue weighted by Gasteiger charge is -2.26. The van der Waals surface area contributed by atoms with Crippen molar-refractivity contribution in [2.75, 3.05) is 58.8 Å². The summed E-state index contributed by atoms with van der Waals surface area (Å²) in [6.07, 6.45) is 1.35. The third-order valence-corrected chi connectivity index (χ3v) is 8.65. The molecule has 0 saturated carbocycles. The molecule has 0 spiro atoms. The maximum Gasteiger partial charge on any atom is 0.371 e. The van der Waals surface area contributed by atoms with Crippen LogP contribution in [0.15, 0.2) is 60.7 Å². The number of unbranched alkanes of at least 4 members (excludes halogenated alkanes) is 1. The number of ether oxygens (including phenoxy) is 6. The normalized spacial score (nSPS) is 13.8. The molecule has 2 aromatic carbocycles. The van der Waals surface area contributed by atoms with Gasteiger partial charge in [-0.1, -0.05) is 36.4 Å². The van der Waals surface area contributed by atoms with Crippen molar-refractivity contribution in [2.45, 2.75) is 37.5 Å². The molecule has 1 atom stereocenters. The summed E-state index contributed by atoms with van der Waals surface area (Å²) in [5.74, 6) is -3.16. The van der Waals surface area contributed by atoms with Crippen molar-refractivity contribution < 1.29 is 57.2 Å². The second-order valence-corrected chi connectivity index (χ2v) is 13.4. The molecular formula is C33H40N2O12S2. The van der Waals surface area contributed by atoms with Crippen LogP contribution in [0.4, 0.5) is 9.59 Å². The van der Waals surface area contributed by atoms with Crippen molar-refractivity contribution >= 4 is 57.9 Å². The quantitative estimate of drug-likeness (QED) is 0.106. The number of hydrogen-bond donors (Lipinski definition) is 1. The highest BCUT2D eigenvalue weighted by Crippen LogP contribution is 2.27. The molecule has 1 amide bonds. The first-order valence-electron chi connectivity index (χ1n) is 15.4. The highest BCUT2D eigenvalue weighted by Gasteiger charge is 2.36. The van der Waals surface area contributed by atoms with Crippen molar-refractivity contribution in [2.24, 2.45) is 0 Å². The summed E-state index contributed by atoms with van der Waals surface area (Å²) < 4.78 is 29.1. The van der Waals surface area contributed by atoms with E-state index in [0.717, 1.165) is 26.1 Å². The van der Waals surface area contributed by atoms with Crippen LogP contribution in [0.1, 0.15) is 47.4 Å². The molecule has 0 unspecified atom stereocenters. The molecule has 1 heterocycles. The summed E-state index contributed by atoms with van der Waals surface area (Å²) in [7, 11) is 0. The van der Waals surface area contributed by atoms with Gasteiger partial charge in [0.1, 0.15) is 6.04 Å². The van der Waals surface area contributed by atoms with E-state index < -0.39 is 58.8 Å². The van der Waals surface area contributed by atoms with Crippen molar-refractivity contribution in [3.63, 3.8) is 0 Å². The van der Waals surface area contributed by atoms with E-state index in [9.17, 15) is 28.8 Å². The highest BCUT2D eigenvalue weighted by molar-refractivity contribution is 8.15. The molecule has 1 aliphatic heterocycles. The lowest BCUT2D eigenvalue weighted by atomic mass is 10.2. The molecule has 14 nitrogen and oxygen atoms in total. The molecule has 16 heteroatoms. The Kier molecular flexibility index (Phi) is 16.9. The van der Waals surface area contributed by atoms with Crippen molar-refractivity contribution in [1.82, 2.24) is 10.2 Å². The number of nitrogens with one attached hydrogen (secondary N) is 1. The zero-order valence-corrected chi connectivity index (χ0v) is 28.9. The van der Waals surface area contributed by atoms with Crippen LogP contribution >= 0.6 is 23.5 Å². The van der Waals surface area contributed by atoms with Crippen LogP contribution in [0, 0.1) is 0 Å². The summed E-state index contributed by atoms with van der Waals surface area (Å²) in [4.78, 5) is 77.5. The molecule has 0 aliphatic carbocycles. The zero-order valence-electron chi connectivity index (χ0n) is 27.3. The molecule has 49 heavy (non-hydrogen) atoms. The number of esters is 3. The lowest BCUT2D eigenvalue weighted by Crippen LogP contribution is -2.50. The van der Waals surface area contributed by atoms with Crippen molar-refractivity contribution in [3.8, 4) is 0 Å². The van der Waals surface area contributed by atoms with Gasteiger partial charge in [-0.3, -0.25) is 9.69 Å². The molecule has 266 valence electrons. The second kappa shape index (κ2) is 21.1. The predicted octanol–water partition coefficient (Wildman–Crippen LogP) is 4.27. The third-order valence-electron chi connectivity index (χ3n) is 6.81. The molecule has 1 fully saturated rings. The molecule has 1 saturated heterocycles. The molecule has 0 bridgehead atoms. The Morgan fingerprint density at radius 1 is 0.776 bits per heavy atom. The minimum absolute atomic E-state index is 0.0895. The van der Waals surface area contributed by atoms with E-state index in [2.05, 4.69) is 10.2 Å². The number of thioether (sulfide) groups is 2. The Hall–Kier alpha value is -4.12. The number of nitrogens with zero attached hydrogens (tertiary/aromatic N) is 1. The summed E-state index contributed by atoms with van der Waals surface area (Å²) in [6, 6.07) is 15.0. The van der Waals surface area contributed by atoms with E-state index in [-0.39, 0.29) is 23.5 Å². The smallest absolute Gasteiger partial charge is 0.371 e. The number of benzene rings is 2. The first-order chi connectivity index (χ1) is 23.5. The Bertz CT molecular complexity index is 1390. The monoisotopic (exact) mass is 720 g/mol. The van der Waals surface area contributed by atoms with Gasteiger partial charge in [-0.05, 0) is 81.0 Å². The fourth-order valence-electron chi connectivity index (χ4n) is 4.09. The number of carbonyl (C=O) groups excluding carboxylic acids is 6. The zero-order chi connectivity index (χ0) is 35.5. The van der Waals surface area contributed by atoms with Crippen LogP contribution in [-0.2, 0) is 38.0 Å². The lowest BCUT2D eigenvalue weighted by molar-refractivity contribution is -0.147. The second-order valence-electron chi connectivity index (χ2n) is 10.9. The van der Waals surface area contributed by atoms with E-state index in [4.69, 9.17) is 28.4 Å². The Morgan fingerprint density at radius 2 is 1.33 bits per heavy atom. The van der Waals surface area contributed by atoms with Gasteiger partial charge in [0, 0.05) is 18.8 Å². The summed E-state index contributed by atoms with van der Waals surface area (Å²) in [6.45, 7) is 5.49. The van der Waals surface area contributed by atoms with Crippen LogP contribution in [0.25, 0.3) is 0 Å². The number of rotatable bonds is 17. The fraction of sp³-hybridized carbons (Fsp3) is 0.455. The average Bonchev–Trinajstić information content (AvgIpc) is 3.10. The molecule has 1 aliphatic rings. The van der Waals surface area contributed by atoms with E-state index in [0.29, 0.717) is 43.2 Å². The summed E-state index contributed by atoms with van der Waals surface area (Å²) in [5, 5.41) is 0.778. The number of hydrogen-bond acceptors (Lipinski definition) is 15. The Balaban J connectivity index is 1.48. The van der Waals surface area contributed by atoms with Crippen LogP contribution in [-0.4, -0.2) is 109 Å². The van der Waals surface area contributed by atoms with Gasteiger partial charge in [-0.15, -0.1) is 0 Å². The van der Waals surface area contributed by atoms with Crippen LogP contribution < -0.4 is 5.32 Å². The Labute approximate surface area is 292 Å². The average molecular weight is 721 g/mol. The minimum Gasteiger partial charge on any atom is -0.464 e. The van der Waals surface area contributed by atoms with Gasteiger partial charge in [0.05, 0.1) is 35.7 Å². The predicted molar refractivity (Wildman–Crippen MR) is 180 cm³/mol. The maximum absolute atomic E-state index is 13.2. The van der Waals surface area contributed by atoms with Crippen LogP contribution in [0.3, 0.4) is 0 Å². The molecular weight excluding hydrogens is 680 g/mol.